The van der Waals surface area contributed by atoms with Crippen molar-refractivity contribution in [3.8, 4) is 0 Å². The molecule has 1 atom stereocenters. The largest absolute Gasteiger partial charge is 0.355 e. The third kappa shape index (κ3) is 8.98. The quantitative estimate of drug-likeness (QED) is 0.591. The summed E-state index contributed by atoms with van der Waals surface area (Å²) in [4.78, 5) is 23.2. The SMILES string of the molecule is CCCCNC(=O)C(C)NCC(=O)NC(C)(C)C. The number of hydrogen-bond acceptors (Lipinski definition) is 3. The Morgan fingerprint density at radius 3 is 2.33 bits per heavy atom. The predicted octanol–water partition coefficient (Wildman–Crippen LogP) is 0.796. The Labute approximate surface area is 110 Å². The Kier molecular flexibility index (Phi) is 7.59. The maximum absolute atomic E-state index is 11.6. The first-order valence-corrected chi connectivity index (χ1v) is 6.58. The Morgan fingerprint density at radius 2 is 1.83 bits per heavy atom. The summed E-state index contributed by atoms with van der Waals surface area (Å²) in [5.74, 6) is -0.164. The molecule has 0 aromatic carbocycles. The highest BCUT2D eigenvalue weighted by atomic mass is 16.2. The molecule has 3 N–H and O–H groups in total. The number of carbonyl (C=O) groups excluding carboxylic acids is 2. The molecule has 0 saturated carbocycles. The van der Waals surface area contributed by atoms with Gasteiger partial charge in [0.15, 0.2) is 0 Å². The summed E-state index contributed by atoms with van der Waals surface area (Å²) in [6.45, 7) is 10.4. The van der Waals surface area contributed by atoms with Gasteiger partial charge in [0.1, 0.15) is 0 Å². The van der Waals surface area contributed by atoms with Crippen LogP contribution in [-0.4, -0.2) is 36.5 Å². The molecule has 0 aromatic rings. The van der Waals surface area contributed by atoms with E-state index in [1.165, 1.54) is 0 Å². The van der Waals surface area contributed by atoms with Crippen LogP contribution in [-0.2, 0) is 9.59 Å². The topological polar surface area (TPSA) is 70.2 Å². The zero-order valence-corrected chi connectivity index (χ0v) is 12.2. The van der Waals surface area contributed by atoms with Crippen LogP contribution in [0.5, 0.6) is 0 Å². The summed E-state index contributed by atoms with van der Waals surface area (Å²) in [6.07, 6.45) is 2.03. The molecular formula is C13H27N3O2. The van der Waals surface area contributed by atoms with Crippen LogP contribution >= 0.6 is 0 Å². The van der Waals surface area contributed by atoms with Gasteiger partial charge < -0.3 is 10.6 Å². The van der Waals surface area contributed by atoms with Crippen LogP contribution in [0.3, 0.4) is 0 Å². The van der Waals surface area contributed by atoms with Crippen molar-refractivity contribution in [3.05, 3.63) is 0 Å². The van der Waals surface area contributed by atoms with E-state index in [1.807, 2.05) is 20.8 Å². The second kappa shape index (κ2) is 8.08. The summed E-state index contributed by atoms with van der Waals surface area (Å²) in [7, 11) is 0. The Balaban J connectivity index is 3.84. The van der Waals surface area contributed by atoms with E-state index in [9.17, 15) is 9.59 Å². The van der Waals surface area contributed by atoms with Crippen LogP contribution in [0, 0.1) is 0 Å². The number of hydrogen-bond donors (Lipinski definition) is 3. The van der Waals surface area contributed by atoms with Crippen molar-refractivity contribution in [2.45, 2.75) is 59.0 Å². The van der Waals surface area contributed by atoms with Crippen molar-refractivity contribution in [1.82, 2.24) is 16.0 Å². The summed E-state index contributed by atoms with van der Waals surface area (Å²) in [6, 6.07) is -0.354. The molecule has 0 aromatic heterocycles. The Morgan fingerprint density at radius 1 is 1.22 bits per heavy atom. The van der Waals surface area contributed by atoms with Crippen LogP contribution in [0.2, 0.25) is 0 Å². The molecule has 5 nitrogen and oxygen atoms in total. The van der Waals surface area contributed by atoms with Gasteiger partial charge in [-0.15, -0.1) is 0 Å². The average Bonchev–Trinajstić information content (AvgIpc) is 2.23. The van der Waals surface area contributed by atoms with Crippen molar-refractivity contribution in [2.24, 2.45) is 0 Å². The number of nitrogens with one attached hydrogen (secondary N) is 3. The van der Waals surface area contributed by atoms with Gasteiger partial charge in [0.25, 0.3) is 0 Å². The van der Waals surface area contributed by atoms with E-state index >= 15 is 0 Å². The lowest BCUT2D eigenvalue weighted by Crippen LogP contribution is -2.49. The summed E-state index contributed by atoms with van der Waals surface area (Å²) in [5, 5.41) is 8.56. The Hall–Kier alpha value is -1.10. The van der Waals surface area contributed by atoms with Gasteiger partial charge in [0.2, 0.25) is 11.8 Å². The molecule has 0 fully saturated rings. The van der Waals surface area contributed by atoms with Crippen LogP contribution < -0.4 is 16.0 Å². The summed E-state index contributed by atoms with van der Waals surface area (Å²) >= 11 is 0. The first-order valence-electron chi connectivity index (χ1n) is 6.58. The average molecular weight is 257 g/mol. The molecule has 5 heteroatoms. The van der Waals surface area contributed by atoms with Gasteiger partial charge in [-0.2, -0.15) is 0 Å². The molecule has 106 valence electrons. The highest BCUT2D eigenvalue weighted by molar-refractivity contribution is 5.83. The molecule has 0 aliphatic rings. The van der Waals surface area contributed by atoms with Crippen molar-refractivity contribution in [1.29, 1.82) is 0 Å². The molecule has 0 bridgehead atoms. The minimum atomic E-state index is -0.354. The van der Waals surface area contributed by atoms with E-state index in [0.29, 0.717) is 6.54 Å². The van der Waals surface area contributed by atoms with E-state index in [2.05, 4.69) is 22.9 Å². The molecule has 0 aliphatic heterocycles. The molecule has 0 radical (unpaired) electrons. The van der Waals surface area contributed by atoms with Crippen LogP contribution in [0.4, 0.5) is 0 Å². The zero-order chi connectivity index (χ0) is 14.2. The van der Waals surface area contributed by atoms with E-state index < -0.39 is 0 Å². The maximum Gasteiger partial charge on any atom is 0.236 e. The highest BCUT2D eigenvalue weighted by Gasteiger charge is 2.16. The fraction of sp³-hybridized carbons (Fsp3) is 0.846. The van der Waals surface area contributed by atoms with Gasteiger partial charge in [0.05, 0.1) is 12.6 Å². The van der Waals surface area contributed by atoms with Gasteiger partial charge in [0, 0.05) is 12.1 Å². The molecule has 0 saturated heterocycles. The highest BCUT2D eigenvalue weighted by Crippen LogP contribution is 1.97. The second-order valence-electron chi connectivity index (χ2n) is 5.55. The normalized spacial score (nSPS) is 12.9. The molecule has 18 heavy (non-hydrogen) atoms. The number of amides is 2. The second-order valence-corrected chi connectivity index (χ2v) is 5.55. The molecule has 0 aliphatic carbocycles. The third-order valence-corrected chi connectivity index (χ3v) is 2.31. The fourth-order valence-electron chi connectivity index (χ4n) is 1.34. The third-order valence-electron chi connectivity index (χ3n) is 2.31. The van der Waals surface area contributed by atoms with Gasteiger partial charge >= 0.3 is 0 Å². The molecular weight excluding hydrogens is 230 g/mol. The summed E-state index contributed by atoms with van der Waals surface area (Å²) < 4.78 is 0. The van der Waals surface area contributed by atoms with Crippen molar-refractivity contribution < 1.29 is 9.59 Å². The van der Waals surface area contributed by atoms with Gasteiger partial charge in [-0.25, -0.2) is 0 Å². The molecule has 2 amide bonds. The van der Waals surface area contributed by atoms with Gasteiger partial charge in [-0.05, 0) is 34.1 Å². The maximum atomic E-state index is 11.6. The molecule has 1 unspecified atom stereocenters. The molecule has 0 rings (SSSR count). The summed E-state index contributed by atoms with van der Waals surface area (Å²) in [5.41, 5.74) is -0.245. The van der Waals surface area contributed by atoms with Crippen molar-refractivity contribution >= 4 is 11.8 Å². The first-order chi connectivity index (χ1) is 8.26. The minimum absolute atomic E-state index is 0.0630. The fourth-order valence-corrected chi connectivity index (χ4v) is 1.34. The van der Waals surface area contributed by atoms with E-state index in [4.69, 9.17) is 0 Å². The van der Waals surface area contributed by atoms with Crippen LogP contribution in [0.25, 0.3) is 0 Å². The lowest BCUT2D eigenvalue weighted by Gasteiger charge is -2.21. The zero-order valence-electron chi connectivity index (χ0n) is 12.2. The van der Waals surface area contributed by atoms with Crippen LogP contribution in [0.15, 0.2) is 0 Å². The number of carbonyl (C=O) groups is 2. The van der Waals surface area contributed by atoms with Gasteiger partial charge in [-0.1, -0.05) is 13.3 Å². The van der Waals surface area contributed by atoms with E-state index in [0.717, 1.165) is 12.8 Å². The van der Waals surface area contributed by atoms with E-state index in [-0.39, 0.29) is 29.9 Å². The van der Waals surface area contributed by atoms with Gasteiger partial charge in [-0.3, -0.25) is 14.9 Å². The van der Waals surface area contributed by atoms with Crippen LogP contribution in [0.1, 0.15) is 47.5 Å². The standard InChI is InChI=1S/C13H27N3O2/c1-6-7-8-14-12(18)10(2)15-9-11(17)16-13(3,4)5/h10,15H,6-9H2,1-5H3,(H,14,18)(H,16,17). The smallest absolute Gasteiger partial charge is 0.236 e. The predicted molar refractivity (Wildman–Crippen MR) is 73.3 cm³/mol. The Bertz CT molecular complexity index is 272. The van der Waals surface area contributed by atoms with E-state index in [1.54, 1.807) is 6.92 Å². The first kappa shape index (κ1) is 16.9. The molecule has 0 heterocycles. The lowest BCUT2D eigenvalue weighted by molar-refractivity contribution is -0.123. The molecule has 0 spiro atoms. The number of rotatable bonds is 7. The monoisotopic (exact) mass is 257 g/mol. The minimum Gasteiger partial charge on any atom is -0.355 e. The number of unbranched alkanes of at least 4 members (excludes halogenated alkanes) is 1. The lowest BCUT2D eigenvalue weighted by atomic mass is 10.1. The van der Waals surface area contributed by atoms with Crippen molar-refractivity contribution in [2.75, 3.05) is 13.1 Å². The van der Waals surface area contributed by atoms with Crippen molar-refractivity contribution in [3.63, 3.8) is 0 Å².